The molecule has 0 aliphatic heterocycles. The number of rotatable bonds is 6. The number of aromatic nitrogens is 3. The van der Waals surface area contributed by atoms with Crippen LogP contribution in [0, 0.1) is 4.77 Å². The van der Waals surface area contributed by atoms with Gasteiger partial charge in [0.1, 0.15) is 23.9 Å². The van der Waals surface area contributed by atoms with Crippen LogP contribution in [0.1, 0.15) is 29.1 Å². The smallest absolute Gasteiger partial charge is 0.219 e. The molecule has 3 heterocycles. The van der Waals surface area contributed by atoms with Gasteiger partial charge in [-0.3, -0.25) is 0 Å². The van der Waals surface area contributed by atoms with Crippen LogP contribution in [-0.2, 0) is 19.4 Å². The standard InChI is InChI=1S/C21H18N4O3S/c29-21-24-23-20(19-5-2-10-26-19)25(21)22-12-17-8-9-18(28-17)13-27-16-7-6-14-3-1-4-15(14)11-16/h2,5-12H,1,3-4,13H2,(H,24,29)/b22-12-. The zero-order chi connectivity index (χ0) is 19.6. The number of nitrogens with zero attached hydrogens (tertiary/aromatic N) is 3. The minimum atomic E-state index is 0.357. The van der Waals surface area contributed by atoms with E-state index in [9.17, 15) is 0 Å². The molecule has 0 amide bonds. The van der Waals surface area contributed by atoms with Crippen molar-refractivity contribution in [3.8, 4) is 17.3 Å². The number of nitrogens with one attached hydrogen (secondary N) is 1. The highest BCUT2D eigenvalue weighted by Crippen LogP contribution is 2.26. The highest BCUT2D eigenvalue weighted by atomic mass is 32.1. The normalized spacial score (nSPS) is 13.2. The van der Waals surface area contributed by atoms with Gasteiger partial charge in [-0.1, -0.05) is 6.07 Å². The first kappa shape index (κ1) is 17.7. The average Bonchev–Trinajstić information content (AvgIpc) is 3.51. The van der Waals surface area contributed by atoms with Crippen molar-refractivity contribution in [1.29, 1.82) is 0 Å². The molecule has 4 aromatic rings. The molecule has 0 saturated carbocycles. The lowest BCUT2D eigenvalue weighted by Gasteiger charge is -2.06. The number of aryl methyl sites for hydroxylation is 2. The lowest BCUT2D eigenvalue weighted by atomic mass is 10.1. The highest BCUT2D eigenvalue weighted by Gasteiger charge is 2.12. The van der Waals surface area contributed by atoms with Gasteiger partial charge >= 0.3 is 0 Å². The van der Waals surface area contributed by atoms with Crippen LogP contribution in [0.5, 0.6) is 5.75 Å². The Morgan fingerprint density at radius 1 is 1.21 bits per heavy atom. The Morgan fingerprint density at radius 3 is 3.03 bits per heavy atom. The van der Waals surface area contributed by atoms with E-state index >= 15 is 0 Å². The molecule has 7 nitrogen and oxygen atoms in total. The van der Waals surface area contributed by atoms with E-state index in [2.05, 4.69) is 27.4 Å². The predicted octanol–water partition coefficient (Wildman–Crippen LogP) is 4.74. The molecular formula is C21H18N4O3S. The van der Waals surface area contributed by atoms with E-state index in [4.69, 9.17) is 25.8 Å². The fraction of sp³-hybridized carbons (Fsp3) is 0.190. The van der Waals surface area contributed by atoms with Gasteiger partial charge in [0.25, 0.3) is 0 Å². The number of benzene rings is 1. The molecule has 0 bridgehead atoms. The van der Waals surface area contributed by atoms with Gasteiger partial charge in [0, 0.05) is 0 Å². The molecule has 0 radical (unpaired) electrons. The fourth-order valence-corrected chi connectivity index (χ4v) is 3.59. The number of furan rings is 2. The summed E-state index contributed by atoms with van der Waals surface area (Å²) in [7, 11) is 0. The lowest BCUT2D eigenvalue weighted by Crippen LogP contribution is -1.95. The lowest BCUT2D eigenvalue weighted by molar-refractivity contribution is 0.269. The summed E-state index contributed by atoms with van der Waals surface area (Å²) in [5.74, 6) is 3.23. The molecule has 0 atom stereocenters. The van der Waals surface area contributed by atoms with Crippen LogP contribution >= 0.6 is 12.2 Å². The first-order valence-electron chi connectivity index (χ1n) is 9.35. The monoisotopic (exact) mass is 406 g/mol. The largest absolute Gasteiger partial charge is 0.486 e. The van der Waals surface area contributed by atoms with Gasteiger partial charge in [-0.25, -0.2) is 5.10 Å². The summed E-state index contributed by atoms with van der Waals surface area (Å²) in [4.78, 5) is 0. The fourth-order valence-electron chi connectivity index (χ4n) is 3.41. The van der Waals surface area contributed by atoms with E-state index in [0.717, 1.165) is 12.2 Å². The molecule has 0 fully saturated rings. The zero-order valence-corrected chi connectivity index (χ0v) is 16.3. The predicted molar refractivity (Wildman–Crippen MR) is 110 cm³/mol. The third-order valence-corrected chi connectivity index (χ3v) is 5.09. The van der Waals surface area contributed by atoms with E-state index in [-0.39, 0.29) is 0 Å². The van der Waals surface area contributed by atoms with Gasteiger partial charge in [-0.2, -0.15) is 9.78 Å². The van der Waals surface area contributed by atoms with Gasteiger partial charge in [-0.05, 0) is 79.0 Å². The summed E-state index contributed by atoms with van der Waals surface area (Å²) in [6, 6.07) is 13.6. The first-order chi connectivity index (χ1) is 14.3. The van der Waals surface area contributed by atoms with E-state index < -0.39 is 0 Å². The van der Waals surface area contributed by atoms with Crippen LogP contribution in [0.2, 0.25) is 0 Å². The second-order valence-electron chi connectivity index (χ2n) is 6.76. The van der Waals surface area contributed by atoms with E-state index in [1.807, 2.05) is 18.2 Å². The number of aromatic amines is 1. The third-order valence-electron chi connectivity index (χ3n) is 4.83. The molecule has 0 unspecified atom stereocenters. The van der Waals surface area contributed by atoms with Crippen LogP contribution in [0.4, 0.5) is 0 Å². The molecule has 0 saturated heterocycles. The Labute approximate surface area is 171 Å². The SMILES string of the molecule is S=c1[nH]nc(-c2ccco2)n1/N=C\c1ccc(COc2ccc3c(c2)CCC3)o1. The van der Waals surface area contributed by atoms with Crippen molar-refractivity contribution in [3.05, 3.63) is 76.1 Å². The molecule has 1 aliphatic carbocycles. The topological polar surface area (TPSA) is 81.5 Å². The summed E-state index contributed by atoms with van der Waals surface area (Å²) in [6.45, 7) is 0.357. The maximum atomic E-state index is 5.88. The van der Waals surface area contributed by atoms with Gasteiger partial charge in [0.2, 0.25) is 10.6 Å². The first-order valence-corrected chi connectivity index (χ1v) is 9.76. The van der Waals surface area contributed by atoms with Crippen LogP contribution < -0.4 is 4.74 Å². The van der Waals surface area contributed by atoms with Crippen molar-refractivity contribution in [2.24, 2.45) is 5.10 Å². The highest BCUT2D eigenvalue weighted by molar-refractivity contribution is 7.71. The van der Waals surface area contributed by atoms with E-state index in [1.54, 1.807) is 24.6 Å². The van der Waals surface area contributed by atoms with Crippen molar-refractivity contribution in [1.82, 2.24) is 14.9 Å². The Morgan fingerprint density at radius 2 is 2.14 bits per heavy atom. The second-order valence-corrected chi connectivity index (χ2v) is 7.15. The molecule has 1 aromatic carbocycles. The minimum Gasteiger partial charge on any atom is -0.486 e. The number of ether oxygens (including phenoxy) is 1. The molecule has 29 heavy (non-hydrogen) atoms. The maximum Gasteiger partial charge on any atom is 0.219 e. The molecule has 3 aromatic heterocycles. The average molecular weight is 406 g/mol. The van der Waals surface area contributed by atoms with Crippen LogP contribution in [0.15, 0.2) is 62.7 Å². The maximum absolute atomic E-state index is 5.88. The van der Waals surface area contributed by atoms with Crippen molar-refractivity contribution < 1.29 is 13.6 Å². The third kappa shape index (κ3) is 3.66. The van der Waals surface area contributed by atoms with Gasteiger partial charge in [0.15, 0.2) is 5.76 Å². The molecule has 8 heteroatoms. The van der Waals surface area contributed by atoms with E-state index in [1.165, 1.54) is 28.6 Å². The minimum absolute atomic E-state index is 0.357. The van der Waals surface area contributed by atoms with Crippen molar-refractivity contribution >= 4 is 18.4 Å². The van der Waals surface area contributed by atoms with Gasteiger partial charge < -0.3 is 13.6 Å². The van der Waals surface area contributed by atoms with Crippen molar-refractivity contribution in [2.45, 2.75) is 25.9 Å². The second kappa shape index (κ2) is 7.56. The number of hydrogen-bond donors (Lipinski definition) is 1. The summed E-state index contributed by atoms with van der Waals surface area (Å²) < 4.78 is 18.9. The Balaban J connectivity index is 1.28. The molecule has 1 N–H and O–H groups in total. The van der Waals surface area contributed by atoms with Crippen LogP contribution in [-0.4, -0.2) is 21.1 Å². The van der Waals surface area contributed by atoms with Gasteiger partial charge in [0.05, 0.1) is 12.5 Å². The van der Waals surface area contributed by atoms with E-state index in [0.29, 0.717) is 34.5 Å². The number of H-pyrrole nitrogens is 1. The van der Waals surface area contributed by atoms with Crippen molar-refractivity contribution in [2.75, 3.05) is 0 Å². The number of fused-ring (bicyclic) bond motifs is 1. The van der Waals surface area contributed by atoms with Crippen LogP contribution in [0.25, 0.3) is 11.6 Å². The molecule has 146 valence electrons. The summed E-state index contributed by atoms with van der Waals surface area (Å²) in [6.07, 6.45) is 6.67. The zero-order valence-electron chi connectivity index (χ0n) is 15.5. The molecule has 5 rings (SSSR count). The quantitative estimate of drug-likeness (QED) is 0.369. The summed E-state index contributed by atoms with van der Waals surface area (Å²) in [5, 5.41) is 11.2. The molecule has 1 aliphatic rings. The van der Waals surface area contributed by atoms with Gasteiger partial charge in [-0.15, -0.1) is 5.10 Å². The molecular weight excluding hydrogens is 388 g/mol. The summed E-state index contributed by atoms with van der Waals surface area (Å²) in [5.41, 5.74) is 2.82. The number of hydrogen-bond acceptors (Lipinski definition) is 6. The summed E-state index contributed by atoms with van der Waals surface area (Å²) >= 11 is 5.24. The molecule has 0 spiro atoms. The van der Waals surface area contributed by atoms with Crippen molar-refractivity contribution in [3.63, 3.8) is 0 Å². The Hall–Kier alpha value is -3.39. The Kier molecular flexibility index (Phi) is 4.61. The van der Waals surface area contributed by atoms with Crippen LogP contribution in [0.3, 0.4) is 0 Å². The Bertz CT molecular complexity index is 1220.